The largest absolute Gasteiger partial charge is 0.301 e. The van der Waals surface area contributed by atoms with Gasteiger partial charge in [0.2, 0.25) is 0 Å². The first-order valence-electron chi connectivity index (χ1n) is 5.76. The minimum absolute atomic E-state index is 0.672. The van der Waals surface area contributed by atoms with Crippen LogP contribution >= 0.6 is 0 Å². The number of nitrogens with zero attached hydrogens (tertiary/aromatic N) is 1. The zero-order valence-corrected chi connectivity index (χ0v) is 10.3. The summed E-state index contributed by atoms with van der Waals surface area (Å²) in [6, 6.07) is 1.44. The fourth-order valence-electron chi connectivity index (χ4n) is 1.84. The maximum Gasteiger partial charge on any atom is 0.0120 e. The lowest BCUT2D eigenvalue weighted by molar-refractivity contribution is 0.134. The normalized spacial score (nSPS) is 16.6. The molecule has 2 atom stereocenters. The molecule has 0 saturated carbocycles. The van der Waals surface area contributed by atoms with E-state index in [0.29, 0.717) is 6.04 Å². The third-order valence-electron chi connectivity index (χ3n) is 3.22. The summed E-state index contributed by atoms with van der Waals surface area (Å²) in [4.78, 5) is 2.53. The van der Waals surface area contributed by atoms with Crippen molar-refractivity contribution in [2.75, 3.05) is 7.05 Å². The van der Waals surface area contributed by atoms with Crippen LogP contribution in [0.3, 0.4) is 0 Å². The fourth-order valence-corrected chi connectivity index (χ4v) is 1.84. The molecule has 13 heavy (non-hydrogen) atoms. The minimum Gasteiger partial charge on any atom is -0.301 e. The van der Waals surface area contributed by atoms with Crippen molar-refractivity contribution in [3.05, 3.63) is 0 Å². The molecule has 1 nitrogen and oxygen atoms in total. The Hall–Kier alpha value is -0.0400. The van der Waals surface area contributed by atoms with Crippen molar-refractivity contribution in [3.8, 4) is 0 Å². The predicted molar refractivity (Wildman–Crippen MR) is 61.1 cm³/mol. The Kier molecular flexibility index (Phi) is 6.40. The van der Waals surface area contributed by atoms with E-state index in [2.05, 4.69) is 46.6 Å². The number of rotatable bonds is 6. The molecule has 0 fully saturated rings. The van der Waals surface area contributed by atoms with Crippen LogP contribution in [0.5, 0.6) is 0 Å². The molecule has 0 amide bonds. The SMILES string of the molecule is CCCC(C(C)CC)N(C)C(C)C. The highest BCUT2D eigenvalue weighted by Crippen LogP contribution is 2.19. The summed E-state index contributed by atoms with van der Waals surface area (Å²) < 4.78 is 0. The zero-order chi connectivity index (χ0) is 10.4. The topological polar surface area (TPSA) is 3.24 Å². The van der Waals surface area contributed by atoms with Crippen LogP contribution in [0.1, 0.15) is 53.9 Å². The summed E-state index contributed by atoms with van der Waals surface area (Å²) in [6.07, 6.45) is 3.93. The van der Waals surface area contributed by atoms with Gasteiger partial charge in [0.05, 0.1) is 0 Å². The van der Waals surface area contributed by atoms with Gasteiger partial charge >= 0.3 is 0 Å². The average molecular weight is 185 g/mol. The van der Waals surface area contributed by atoms with Crippen LogP contribution in [0.25, 0.3) is 0 Å². The van der Waals surface area contributed by atoms with Crippen molar-refractivity contribution < 1.29 is 0 Å². The molecule has 0 saturated heterocycles. The van der Waals surface area contributed by atoms with E-state index >= 15 is 0 Å². The van der Waals surface area contributed by atoms with Crippen molar-refractivity contribution in [1.29, 1.82) is 0 Å². The van der Waals surface area contributed by atoms with Gasteiger partial charge in [-0.15, -0.1) is 0 Å². The highest BCUT2D eigenvalue weighted by Gasteiger charge is 2.21. The third kappa shape index (κ3) is 4.12. The van der Waals surface area contributed by atoms with Gasteiger partial charge in [0.25, 0.3) is 0 Å². The summed E-state index contributed by atoms with van der Waals surface area (Å²) in [7, 11) is 2.26. The van der Waals surface area contributed by atoms with Gasteiger partial charge in [-0.3, -0.25) is 0 Å². The standard InChI is InChI=1S/C12H27N/c1-7-9-12(11(5)8-2)13(6)10(3)4/h10-12H,7-9H2,1-6H3. The lowest BCUT2D eigenvalue weighted by atomic mass is 9.93. The monoisotopic (exact) mass is 185 g/mol. The average Bonchev–Trinajstić information content (AvgIpc) is 2.11. The summed E-state index contributed by atoms with van der Waals surface area (Å²) in [5.41, 5.74) is 0. The molecular formula is C12H27N. The molecule has 0 radical (unpaired) electrons. The van der Waals surface area contributed by atoms with Crippen molar-refractivity contribution in [1.82, 2.24) is 4.90 Å². The molecule has 0 aliphatic rings. The zero-order valence-electron chi connectivity index (χ0n) is 10.3. The number of hydrogen-bond donors (Lipinski definition) is 0. The van der Waals surface area contributed by atoms with E-state index in [1.54, 1.807) is 0 Å². The van der Waals surface area contributed by atoms with Gasteiger partial charge in [0.15, 0.2) is 0 Å². The Morgan fingerprint density at radius 2 is 1.62 bits per heavy atom. The summed E-state index contributed by atoms with van der Waals surface area (Å²) >= 11 is 0. The Morgan fingerprint density at radius 3 is 1.92 bits per heavy atom. The van der Waals surface area contributed by atoms with Crippen LogP contribution in [0, 0.1) is 5.92 Å². The molecule has 0 aromatic heterocycles. The van der Waals surface area contributed by atoms with E-state index in [1.165, 1.54) is 19.3 Å². The molecule has 0 aromatic carbocycles. The molecule has 0 aliphatic heterocycles. The molecule has 2 unspecified atom stereocenters. The number of hydrogen-bond acceptors (Lipinski definition) is 1. The van der Waals surface area contributed by atoms with Gasteiger partial charge in [0, 0.05) is 12.1 Å². The Labute approximate surface area is 84.5 Å². The first kappa shape index (κ1) is 13.0. The summed E-state index contributed by atoms with van der Waals surface area (Å²) in [5, 5.41) is 0. The smallest absolute Gasteiger partial charge is 0.0120 e. The molecular weight excluding hydrogens is 158 g/mol. The van der Waals surface area contributed by atoms with E-state index in [4.69, 9.17) is 0 Å². The quantitative estimate of drug-likeness (QED) is 0.612. The second-order valence-electron chi connectivity index (χ2n) is 4.50. The molecule has 0 heterocycles. The lowest BCUT2D eigenvalue weighted by Gasteiger charge is -2.35. The van der Waals surface area contributed by atoms with Crippen molar-refractivity contribution >= 4 is 0 Å². The molecule has 0 aromatic rings. The lowest BCUT2D eigenvalue weighted by Crippen LogP contribution is -2.41. The minimum atomic E-state index is 0.672. The maximum absolute atomic E-state index is 2.53. The van der Waals surface area contributed by atoms with Crippen molar-refractivity contribution in [2.45, 2.75) is 66.0 Å². The van der Waals surface area contributed by atoms with Crippen LogP contribution < -0.4 is 0 Å². The maximum atomic E-state index is 2.53. The molecule has 1 heteroatoms. The van der Waals surface area contributed by atoms with Gasteiger partial charge in [-0.05, 0) is 33.2 Å². The molecule has 0 bridgehead atoms. The van der Waals surface area contributed by atoms with E-state index in [0.717, 1.165) is 12.0 Å². The van der Waals surface area contributed by atoms with Crippen molar-refractivity contribution in [3.63, 3.8) is 0 Å². The molecule has 0 aliphatic carbocycles. The third-order valence-corrected chi connectivity index (χ3v) is 3.22. The first-order valence-corrected chi connectivity index (χ1v) is 5.76. The summed E-state index contributed by atoms with van der Waals surface area (Å²) in [6.45, 7) is 11.5. The van der Waals surface area contributed by atoms with Gasteiger partial charge in [0.1, 0.15) is 0 Å². The molecule has 0 N–H and O–H groups in total. The van der Waals surface area contributed by atoms with Gasteiger partial charge in [-0.25, -0.2) is 0 Å². The van der Waals surface area contributed by atoms with Crippen LogP contribution in [0.2, 0.25) is 0 Å². The van der Waals surface area contributed by atoms with Crippen LogP contribution in [-0.4, -0.2) is 24.0 Å². The fraction of sp³-hybridized carbons (Fsp3) is 1.00. The Morgan fingerprint density at radius 1 is 1.08 bits per heavy atom. The van der Waals surface area contributed by atoms with E-state index in [1.807, 2.05) is 0 Å². The highest BCUT2D eigenvalue weighted by molar-refractivity contribution is 4.75. The predicted octanol–water partition coefficient (Wildman–Crippen LogP) is 3.54. The first-order chi connectivity index (χ1) is 6.04. The van der Waals surface area contributed by atoms with Gasteiger partial charge in [-0.1, -0.05) is 33.6 Å². The molecule has 0 spiro atoms. The van der Waals surface area contributed by atoms with Gasteiger partial charge in [-0.2, -0.15) is 0 Å². The highest BCUT2D eigenvalue weighted by atomic mass is 15.2. The van der Waals surface area contributed by atoms with Gasteiger partial charge < -0.3 is 4.90 Å². The van der Waals surface area contributed by atoms with Crippen LogP contribution in [0.15, 0.2) is 0 Å². The van der Waals surface area contributed by atoms with Crippen LogP contribution in [0.4, 0.5) is 0 Å². The van der Waals surface area contributed by atoms with Crippen molar-refractivity contribution in [2.24, 2.45) is 5.92 Å². The van der Waals surface area contributed by atoms with E-state index in [9.17, 15) is 0 Å². The van der Waals surface area contributed by atoms with E-state index < -0.39 is 0 Å². The Balaban J connectivity index is 4.22. The second kappa shape index (κ2) is 6.42. The van der Waals surface area contributed by atoms with E-state index in [-0.39, 0.29) is 0 Å². The Bertz CT molecular complexity index is 120. The van der Waals surface area contributed by atoms with Crippen LogP contribution in [-0.2, 0) is 0 Å². The summed E-state index contributed by atoms with van der Waals surface area (Å²) in [5.74, 6) is 0.826. The second-order valence-corrected chi connectivity index (χ2v) is 4.50. The molecule has 80 valence electrons. The molecule has 0 rings (SSSR count).